The maximum Gasteiger partial charge on any atom is 0.416 e. The summed E-state index contributed by atoms with van der Waals surface area (Å²) in [5, 5.41) is 6.34. The summed E-state index contributed by atoms with van der Waals surface area (Å²) in [7, 11) is 2.69. The fourth-order valence-electron chi connectivity index (χ4n) is 3.60. The Morgan fingerprint density at radius 1 is 1.29 bits per heavy atom. The van der Waals surface area contributed by atoms with E-state index in [1.807, 2.05) is 0 Å². The van der Waals surface area contributed by atoms with Crippen molar-refractivity contribution in [3.8, 4) is 0 Å². The van der Waals surface area contributed by atoms with Gasteiger partial charge < -0.3 is 0 Å². The first kappa shape index (κ1) is 22.5. The number of anilines is 1. The Labute approximate surface area is 177 Å². The van der Waals surface area contributed by atoms with Gasteiger partial charge in [0, 0.05) is 7.05 Å². The largest absolute Gasteiger partial charge is 0.416 e. The number of hydrogen-bond acceptors (Lipinski definition) is 4. The van der Waals surface area contributed by atoms with E-state index in [0.29, 0.717) is 17.7 Å². The predicted octanol–water partition coefficient (Wildman–Crippen LogP) is 4.55. The number of allylic oxidation sites excluding steroid dienone is 1. The van der Waals surface area contributed by atoms with E-state index in [2.05, 4.69) is 11.7 Å². The molecular weight excluding hydrogens is 414 g/mol. The maximum atomic E-state index is 14.6. The number of hydrogen-bond donors (Lipinski definition) is 0. The Hall–Kier alpha value is -3.20. The normalized spacial score (nSPS) is 18.6. The number of rotatable bonds is 6. The van der Waals surface area contributed by atoms with Gasteiger partial charge >= 0.3 is 6.18 Å². The molecule has 0 N–H and O–H groups in total. The van der Waals surface area contributed by atoms with Crippen molar-refractivity contribution in [2.45, 2.75) is 18.0 Å². The molecular formula is C22H21F4N3O2. The summed E-state index contributed by atoms with van der Waals surface area (Å²) >= 11 is 0. The van der Waals surface area contributed by atoms with Crippen LogP contribution in [0.25, 0.3) is 0 Å². The lowest BCUT2D eigenvalue weighted by molar-refractivity contribution is -0.160. The molecule has 2 aromatic carbocycles. The maximum absolute atomic E-state index is 14.6. The van der Waals surface area contributed by atoms with E-state index in [0.717, 1.165) is 16.1 Å². The average Bonchev–Trinajstić information content (AvgIpc) is 3.13. The minimum Gasteiger partial charge on any atom is -0.274 e. The monoisotopic (exact) mass is 435 g/mol. The number of amides is 1. The third-order valence-corrected chi connectivity index (χ3v) is 5.23. The number of nitrogens with zero attached hydrogens (tertiary/aromatic N) is 3. The molecule has 31 heavy (non-hydrogen) atoms. The molecule has 2 aromatic rings. The smallest absolute Gasteiger partial charge is 0.274 e. The van der Waals surface area contributed by atoms with Crippen molar-refractivity contribution >= 4 is 17.3 Å². The second kappa shape index (κ2) is 8.50. The highest BCUT2D eigenvalue weighted by molar-refractivity contribution is 6.43. The number of halogens is 4. The molecule has 5 nitrogen and oxygen atoms in total. The van der Waals surface area contributed by atoms with E-state index in [-0.39, 0.29) is 24.4 Å². The second-order valence-corrected chi connectivity index (χ2v) is 7.10. The highest BCUT2D eigenvalue weighted by Gasteiger charge is 2.48. The van der Waals surface area contributed by atoms with Crippen molar-refractivity contribution in [1.82, 2.24) is 5.06 Å². The van der Waals surface area contributed by atoms with Gasteiger partial charge in [-0.3, -0.25) is 14.6 Å². The molecule has 3 rings (SSSR count). The zero-order valence-corrected chi connectivity index (χ0v) is 17.0. The van der Waals surface area contributed by atoms with E-state index < -0.39 is 28.9 Å². The Morgan fingerprint density at radius 3 is 2.55 bits per heavy atom. The molecule has 164 valence electrons. The van der Waals surface area contributed by atoms with Crippen LogP contribution in [0.1, 0.15) is 17.5 Å². The number of benzene rings is 2. The summed E-state index contributed by atoms with van der Waals surface area (Å²) in [5.74, 6) is -1.48. The van der Waals surface area contributed by atoms with Crippen molar-refractivity contribution in [3.05, 3.63) is 78.1 Å². The van der Waals surface area contributed by atoms with Crippen molar-refractivity contribution in [3.63, 3.8) is 0 Å². The Morgan fingerprint density at radius 2 is 1.97 bits per heavy atom. The lowest BCUT2D eigenvalue weighted by Crippen LogP contribution is -2.46. The van der Waals surface area contributed by atoms with Crippen LogP contribution in [0.5, 0.6) is 0 Å². The molecule has 0 aromatic heterocycles. The van der Waals surface area contributed by atoms with Crippen LogP contribution >= 0.6 is 0 Å². The van der Waals surface area contributed by atoms with Gasteiger partial charge in [0.05, 0.1) is 30.3 Å². The summed E-state index contributed by atoms with van der Waals surface area (Å²) in [4.78, 5) is 18.1. The molecule has 0 saturated carbocycles. The molecule has 0 bridgehead atoms. The van der Waals surface area contributed by atoms with Crippen LogP contribution in [0.2, 0.25) is 0 Å². The van der Waals surface area contributed by atoms with Crippen LogP contribution in [-0.4, -0.2) is 37.4 Å². The SMILES string of the molecule is C=CCC1(c2ccccc2)CN(c2cc(C(F)(F)F)ccc2F)N=C1C(=O)N(C)OC. The van der Waals surface area contributed by atoms with Gasteiger partial charge in [0.1, 0.15) is 11.5 Å². The minimum absolute atomic E-state index is 0.0137. The second-order valence-electron chi connectivity index (χ2n) is 7.10. The molecule has 1 heterocycles. The summed E-state index contributed by atoms with van der Waals surface area (Å²) in [6.45, 7) is 3.71. The zero-order valence-electron chi connectivity index (χ0n) is 17.0. The average molecular weight is 435 g/mol. The van der Waals surface area contributed by atoms with Crippen molar-refractivity contribution in [2.75, 3.05) is 25.7 Å². The standard InChI is InChI=1S/C22H21F4N3O2/c1-4-12-21(15-8-6-5-7-9-15)14-29(27-19(21)20(30)28(2)31-3)18-13-16(22(24,25)26)10-11-17(18)23/h4-11,13H,1,12,14H2,2-3H3. The van der Waals surface area contributed by atoms with Gasteiger partial charge in [0.2, 0.25) is 0 Å². The lowest BCUT2D eigenvalue weighted by atomic mass is 9.73. The van der Waals surface area contributed by atoms with E-state index in [9.17, 15) is 22.4 Å². The molecule has 9 heteroatoms. The number of hydroxylamine groups is 2. The minimum atomic E-state index is -4.65. The van der Waals surface area contributed by atoms with Gasteiger partial charge in [0.15, 0.2) is 0 Å². The molecule has 1 aliphatic rings. The lowest BCUT2D eigenvalue weighted by Gasteiger charge is -2.31. The summed E-state index contributed by atoms with van der Waals surface area (Å²) < 4.78 is 54.2. The molecule has 0 saturated heterocycles. The molecule has 0 radical (unpaired) electrons. The first-order valence-electron chi connectivity index (χ1n) is 9.36. The number of hydrazone groups is 1. The number of carbonyl (C=O) groups is 1. The van der Waals surface area contributed by atoms with Gasteiger partial charge in [0.25, 0.3) is 5.91 Å². The highest BCUT2D eigenvalue weighted by atomic mass is 19.4. The van der Waals surface area contributed by atoms with Gasteiger partial charge in [-0.1, -0.05) is 36.4 Å². The van der Waals surface area contributed by atoms with Crippen LogP contribution in [0.15, 0.2) is 66.3 Å². The summed E-state index contributed by atoms with van der Waals surface area (Å²) in [5.41, 5.74) is -1.74. The first-order valence-corrected chi connectivity index (χ1v) is 9.36. The highest BCUT2D eigenvalue weighted by Crippen LogP contribution is 2.41. The van der Waals surface area contributed by atoms with E-state index in [1.165, 1.54) is 14.2 Å². The van der Waals surface area contributed by atoms with Crippen molar-refractivity contribution in [1.29, 1.82) is 0 Å². The van der Waals surface area contributed by atoms with Crippen LogP contribution in [0.3, 0.4) is 0 Å². The van der Waals surface area contributed by atoms with Crippen LogP contribution < -0.4 is 5.01 Å². The van der Waals surface area contributed by atoms with Gasteiger partial charge in [-0.25, -0.2) is 9.45 Å². The van der Waals surface area contributed by atoms with Crippen LogP contribution in [-0.2, 0) is 21.2 Å². The van der Waals surface area contributed by atoms with E-state index in [1.54, 1.807) is 36.4 Å². The Bertz CT molecular complexity index is 1010. The molecule has 0 aliphatic carbocycles. The molecule has 1 unspecified atom stereocenters. The van der Waals surface area contributed by atoms with Gasteiger partial charge in [-0.2, -0.15) is 18.3 Å². The van der Waals surface area contributed by atoms with Gasteiger partial charge in [-0.05, 0) is 30.2 Å². The Balaban J connectivity index is 2.19. The van der Waals surface area contributed by atoms with Crippen LogP contribution in [0.4, 0.5) is 23.2 Å². The van der Waals surface area contributed by atoms with Crippen LogP contribution in [0, 0.1) is 5.82 Å². The first-order chi connectivity index (χ1) is 14.6. The molecule has 0 spiro atoms. The zero-order chi connectivity index (χ0) is 22.8. The predicted molar refractivity (Wildman–Crippen MR) is 109 cm³/mol. The molecule has 1 aliphatic heterocycles. The number of carbonyl (C=O) groups excluding carboxylic acids is 1. The summed E-state index contributed by atoms with van der Waals surface area (Å²) in [6, 6.07) is 11.0. The number of alkyl halides is 3. The van der Waals surface area contributed by atoms with Gasteiger partial charge in [-0.15, -0.1) is 6.58 Å². The topological polar surface area (TPSA) is 45.1 Å². The van der Waals surface area contributed by atoms with Crippen molar-refractivity contribution < 1.29 is 27.2 Å². The van der Waals surface area contributed by atoms with E-state index in [4.69, 9.17) is 4.84 Å². The fraction of sp³-hybridized carbons (Fsp3) is 0.273. The molecule has 0 fully saturated rings. The van der Waals surface area contributed by atoms with Crippen molar-refractivity contribution in [2.24, 2.45) is 5.10 Å². The molecule has 1 atom stereocenters. The third-order valence-electron chi connectivity index (χ3n) is 5.23. The summed E-state index contributed by atoms with van der Waals surface area (Å²) in [6.07, 6.45) is -2.82. The van der Waals surface area contributed by atoms with E-state index >= 15 is 0 Å². The Kier molecular flexibility index (Phi) is 6.17. The molecule has 1 amide bonds. The third kappa shape index (κ3) is 4.18. The fourth-order valence-corrected chi connectivity index (χ4v) is 3.60. The quantitative estimate of drug-likeness (QED) is 0.380.